The Balaban J connectivity index is 1.91. The van der Waals surface area contributed by atoms with Crippen molar-refractivity contribution in [3.63, 3.8) is 0 Å². The molecule has 0 N–H and O–H groups in total. The van der Waals surface area contributed by atoms with E-state index in [2.05, 4.69) is 10.1 Å². The fourth-order valence-electron chi connectivity index (χ4n) is 2.52. The van der Waals surface area contributed by atoms with Gasteiger partial charge in [0.25, 0.3) is 0 Å². The van der Waals surface area contributed by atoms with Crippen molar-refractivity contribution in [3.8, 4) is 0 Å². The van der Waals surface area contributed by atoms with E-state index in [9.17, 15) is 8.42 Å². The van der Waals surface area contributed by atoms with Crippen molar-refractivity contribution in [2.75, 3.05) is 0 Å². The lowest BCUT2D eigenvalue weighted by molar-refractivity contribution is 0.337. The molecule has 1 aliphatic carbocycles. The average Bonchev–Trinajstić information content (AvgIpc) is 2.53. The van der Waals surface area contributed by atoms with Gasteiger partial charge in [0, 0.05) is 17.5 Å². The van der Waals surface area contributed by atoms with Crippen LogP contribution in [-0.4, -0.2) is 19.1 Å². The van der Waals surface area contributed by atoms with Crippen molar-refractivity contribution in [2.45, 2.75) is 31.1 Å². The minimum Gasteiger partial charge on any atom is -0.264 e. The highest BCUT2D eigenvalue weighted by atomic mass is 32.2. The number of rotatable bonds is 3. The Labute approximate surface area is 129 Å². The second-order valence-electron chi connectivity index (χ2n) is 5.18. The highest BCUT2D eigenvalue weighted by molar-refractivity contribution is 7.86. The van der Waals surface area contributed by atoms with Gasteiger partial charge in [-0.2, -0.15) is 8.42 Å². The smallest absolute Gasteiger partial charge is 0.264 e. The van der Waals surface area contributed by atoms with Crippen LogP contribution >= 0.6 is 0 Å². The minimum atomic E-state index is -3.90. The number of hydrogen-bond acceptors (Lipinski definition) is 5. The first-order valence-electron chi connectivity index (χ1n) is 7.08. The molecule has 5 nitrogen and oxygen atoms in total. The zero-order chi connectivity index (χ0) is 15.6. The lowest BCUT2D eigenvalue weighted by atomic mass is 9.94. The molecule has 2 aromatic rings. The molecule has 0 aliphatic heterocycles. The number of fused-ring (bicyclic) bond motifs is 1. The molecule has 0 spiro atoms. The predicted molar refractivity (Wildman–Crippen MR) is 83.2 cm³/mol. The van der Waals surface area contributed by atoms with E-state index in [1.165, 1.54) is 6.07 Å². The summed E-state index contributed by atoms with van der Waals surface area (Å²) in [4.78, 5) is 4.44. The molecule has 114 valence electrons. The molecule has 1 aromatic carbocycles. The standard InChI is InChI=1S/C16H16N2O3S/c1-12-6-2-3-10-16(12)22(19,20)21-18-15-9-4-8-14-13(15)7-5-11-17-14/h2-3,5-7,10-11H,4,8-9H2,1H3. The topological polar surface area (TPSA) is 68.6 Å². The van der Waals surface area contributed by atoms with Gasteiger partial charge in [-0.3, -0.25) is 9.27 Å². The van der Waals surface area contributed by atoms with Crippen molar-refractivity contribution < 1.29 is 12.7 Å². The lowest BCUT2D eigenvalue weighted by Gasteiger charge is -2.15. The highest BCUT2D eigenvalue weighted by Gasteiger charge is 2.21. The minimum absolute atomic E-state index is 0.140. The van der Waals surface area contributed by atoms with Gasteiger partial charge in [-0.25, -0.2) is 0 Å². The van der Waals surface area contributed by atoms with Crippen molar-refractivity contribution >= 4 is 15.8 Å². The second kappa shape index (κ2) is 5.88. The maximum Gasteiger partial charge on any atom is 0.358 e. The normalized spacial score (nSPS) is 16.3. The second-order valence-corrected chi connectivity index (χ2v) is 6.68. The molecule has 0 atom stereocenters. The number of aryl methyl sites for hydroxylation is 2. The Kier molecular flexibility index (Phi) is 3.94. The molecule has 0 fully saturated rings. The predicted octanol–water partition coefficient (Wildman–Crippen LogP) is 2.84. The Morgan fingerprint density at radius 1 is 1.14 bits per heavy atom. The molecular formula is C16H16N2O3S. The van der Waals surface area contributed by atoms with E-state index >= 15 is 0 Å². The summed E-state index contributed by atoms with van der Waals surface area (Å²) in [5.74, 6) is 0. The summed E-state index contributed by atoms with van der Waals surface area (Å²) < 4.78 is 29.5. The van der Waals surface area contributed by atoms with Crippen molar-refractivity contribution in [3.05, 3.63) is 59.4 Å². The van der Waals surface area contributed by atoms with Crippen LogP contribution in [0, 0.1) is 6.92 Å². The number of nitrogens with zero attached hydrogens (tertiary/aromatic N) is 2. The van der Waals surface area contributed by atoms with Gasteiger partial charge in [0.05, 0.1) is 5.71 Å². The average molecular weight is 316 g/mol. The Hall–Kier alpha value is -2.21. The third kappa shape index (κ3) is 2.87. The van der Waals surface area contributed by atoms with E-state index in [0.717, 1.165) is 24.1 Å². The molecule has 0 amide bonds. The van der Waals surface area contributed by atoms with Crippen molar-refractivity contribution in [2.24, 2.45) is 5.16 Å². The number of oxime groups is 1. The van der Waals surface area contributed by atoms with Gasteiger partial charge in [-0.1, -0.05) is 23.4 Å². The molecular weight excluding hydrogens is 300 g/mol. The quantitative estimate of drug-likeness (QED) is 0.817. The van der Waals surface area contributed by atoms with Crippen LogP contribution in [0.1, 0.15) is 29.7 Å². The van der Waals surface area contributed by atoms with Crippen LogP contribution in [0.15, 0.2) is 52.6 Å². The first kappa shape index (κ1) is 14.7. The number of aromatic nitrogens is 1. The SMILES string of the molecule is Cc1ccccc1S(=O)(=O)ON=C1CCCc2ncccc21. The van der Waals surface area contributed by atoms with Gasteiger partial charge in [-0.15, -0.1) is 0 Å². The Bertz CT molecular complexity index is 829. The van der Waals surface area contributed by atoms with E-state index in [1.807, 2.05) is 12.1 Å². The van der Waals surface area contributed by atoms with E-state index in [0.29, 0.717) is 17.7 Å². The van der Waals surface area contributed by atoms with E-state index < -0.39 is 10.1 Å². The molecule has 6 heteroatoms. The van der Waals surface area contributed by atoms with E-state index in [4.69, 9.17) is 4.28 Å². The molecule has 0 bridgehead atoms. The molecule has 22 heavy (non-hydrogen) atoms. The molecule has 0 saturated heterocycles. The molecule has 1 heterocycles. The van der Waals surface area contributed by atoms with Crippen LogP contribution in [0.25, 0.3) is 0 Å². The molecule has 0 saturated carbocycles. The molecule has 1 aliphatic rings. The molecule has 0 unspecified atom stereocenters. The summed E-state index contributed by atoms with van der Waals surface area (Å²) >= 11 is 0. The van der Waals surface area contributed by atoms with Gasteiger partial charge in [0.2, 0.25) is 0 Å². The van der Waals surface area contributed by atoms with Gasteiger partial charge in [0.1, 0.15) is 4.90 Å². The van der Waals surface area contributed by atoms with Crippen LogP contribution in [-0.2, 0) is 20.8 Å². The molecule has 1 aromatic heterocycles. The first-order chi connectivity index (χ1) is 10.6. The van der Waals surface area contributed by atoms with Gasteiger partial charge < -0.3 is 0 Å². The number of pyridine rings is 1. The summed E-state index contributed by atoms with van der Waals surface area (Å²) in [5, 5.41) is 3.90. The third-order valence-electron chi connectivity index (χ3n) is 3.64. The number of hydrogen-bond donors (Lipinski definition) is 0. The maximum atomic E-state index is 12.3. The summed E-state index contributed by atoms with van der Waals surface area (Å²) in [7, 11) is -3.90. The zero-order valence-corrected chi connectivity index (χ0v) is 13.0. The zero-order valence-electron chi connectivity index (χ0n) is 12.2. The summed E-state index contributed by atoms with van der Waals surface area (Å²) in [6, 6.07) is 10.4. The monoisotopic (exact) mass is 316 g/mol. The first-order valence-corrected chi connectivity index (χ1v) is 8.49. The van der Waals surface area contributed by atoms with Crippen LogP contribution < -0.4 is 0 Å². The van der Waals surface area contributed by atoms with Gasteiger partial charge >= 0.3 is 10.1 Å². The van der Waals surface area contributed by atoms with Crippen LogP contribution in [0.4, 0.5) is 0 Å². The molecule has 0 radical (unpaired) electrons. The van der Waals surface area contributed by atoms with Gasteiger partial charge in [0.15, 0.2) is 0 Å². The summed E-state index contributed by atoms with van der Waals surface area (Å²) in [5.41, 5.74) is 3.07. The molecule has 3 rings (SSSR count). The van der Waals surface area contributed by atoms with Crippen molar-refractivity contribution in [1.82, 2.24) is 4.98 Å². The highest BCUT2D eigenvalue weighted by Crippen LogP contribution is 2.22. The number of benzene rings is 1. The van der Waals surface area contributed by atoms with Crippen LogP contribution in [0.2, 0.25) is 0 Å². The fraction of sp³-hybridized carbons (Fsp3) is 0.250. The third-order valence-corrected chi connectivity index (χ3v) is 4.90. The Morgan fingerprint density at radius 2 is 1.95 bits per heavy atom. The van der Waals surface area contributed by atoms with Crippen LogP contribution in [0.3, 0.4) is 0 Å². The van der Waals surface area contributed by atoms with E-state index in [-0.39, 0.29) is 4.90 Å². The largest absolute Gasteiger partial charge is 0.358 e. The summed E-state index contributed by atoms with van der Waals surface area (Å²) in [6.45, 7) is 1.73. The fourth-order valence-corrected chi connectivity index (χ4v) is 3.50. The maximum absolute atomic E-state index is 12.3. The van der Waals surface area contributed by atoms with Crippen LogP contribution in [0.5, 0.6) is 0 Å². The van der Waals surface area contributed by atoms with E-state index in [1.54, 1.807) is 31.3 Å². The van der Waals surface area contributed by atoms with Gasteiger partial charge in [-0.05, 0) is 49.9 Å². The van der Waals surface area contributed by atoms with Crippen molar-refractivity contribution in [1.29, 1.82) is 0 Å². The summed E-state index contributed by atoms with van der Waals surface area (Å²) in [6.07, 6.45) is 4.17. The Morgan fingerprint density at radius 3 is 2.77 bits per heavy atom. The lowest BCUT2D eigenvalue weighted by Crippen LogP contribution is -2.15.